The minimum Gasteiger partial charge on any atom is -0.481 e. The van der Waals surface area contributed by atoms with Crippen LogP contribution in [0.1, 0.15) is 26.7 Å². The molecule has 1 atom stereocenters. The number of hydrogen-bond donors (Lipinski definition) is 1. The number of carbonyl (C=O) groups is 1. The van der Waals surface area contributed by atoms with Crippen molar-refractivity contribution < 1.29 is 9.90 Å². The van der Waals surface area contributed by atoms with Crippen molar-refractivity contribution in [3.8, 4) is 0 Å². The van der Waals surface area contributed by atoms with E-state index in [1.165, 1.54) is 0 Å². The first-order valence-electron chi connectivity index (χ1n) is 5.67. The highest BCUT2D eigenvalue weighted by Gasteiger charge is 2.18. The van der Waals surface area contributed by atoms with Gasteiger partial charge >= 0.3 is 5.97 Å². The predicted molar refractivity (Wildman–Crippen MR) is 60.8 cm³/mol. The maximum atomic E-state index is 10.7. The zero-order valence-electron chi connectivity index (χ0n) is 9.65. The molecular formula is C12H21NO2. The van der Waals surface area contributed by atoms with Crippen molar-refractivity contribution in [3.63, 3.8) is 0 Å². The lowest BCUT2D eigenvalue weighted by atomic mass is 9.93. The van der Waals surface area contributed by atoms with Crippen molar-refractivity contribution >= 4 is 5.97 Å². The second kappa shape index (κ2) is 5.91. The van der Waals surface area contributed by atoms with E-state index in [9.17, 15) is 4.79 Å². The number of carboxylic acid groups (broad SMARTS) is 1. The molecule has 0 aromatic carbocycles. The highest BCUT2D eigenvalue weighted by molar-refractivity contribution is 5.67. The second-order valence-electron chi connectivity index (χ2n) is 4.78. The van der Waals surface area contributed by atoms with Crippen molar-refractivity contribution in [1.82, 2.24) is 4.90 Å². The molecule has 0 saturated heterocycles. The van der Waals surface area contributed by atoms with Gasteiger partial charge in [-0.05, 0) is 18.3 Å². The third-order valence-corrected chi connectivity index (χ3v) is 2.68. The van der Waals surface area contributed by atoms with E-state index >= 15 is 0 Å². The largest absolute Gasteiger partial charge is 0.481 e. The van der Waals surface area contributed by atoms with Gasteiger partial charge in [0.1, 0.15) is 0 Å². The SMILES string of the molecule is CC(C)CC(CC(=O)O)CN1CC=CC1. The molecule has 0 aliphatic carbocycles. The first-order valence-corrected chi connectivity index (χ1v) is 5.67. The Kier molecular flexibility index (Phi) is 4.82. The van der Waals surface area contributed by atoms with Crippen LogP contribution in [-0.4, -0.2) is 35.6 Å². The van der Waals surface area contributed by atoms with E-state index in [2.05, 4.69) is 30.9 Å². The summed E-state index contributed by atoms with van der Waals surface area (Å²) in [5, 5.41) is 8.84. The van der Waals surface area contributed by atoms with Crippen molar-refractivity contribution in [2.45, 2.75) is 26.7 Å². The summed E-state index contributed by atoms with van der Waals surface area (Å²) in [6.07, 6.45) is 5.60. The molecule has 3 nitrogen and oxygen atoms in total. The number of rotatable bonds is 6. The summed E-state index contributed by atoms with van der Waals surface area (Å²) in [6.45, 7) is 7.17. The van der Waals surface area contributed by atoms with Crippen molar-refractivity contribution in [2.24, 2.45) is 11.8 Å². The monoisotopic (exact) mass is 211 g/mol. The fraction of sp³-hybridized carbons (Fsp3) is 0.750. The lowest BCUT2D eigenvalue weighted by molar-refractivity contribution is -0.138. The van der Waals surface area contributed by atoms with Crippen molar-refractivity contribution in [2.75, 3.05) is 19.6 Å². The molecule has 1 rings (SSSR count). The molecule has 1 aliphatic heterocycles. The van der Waals surface area contributed by atoms with Crippen LogP contribution in [-0.2, 0) is 4.79 Å². The molecule has 3 heteroatoms. The Labute approximate surface area is 91.8 Å². The van der Waals surface area contributed by atoms with Crippen LogP contribution in [0.4, 0.5) is 0 Å². The third-order valence-electron chi connectivity index (χ3n) is 2.68. The van der Waals surface area contributed by atoms with Crippen LogP contribution in [0.3, 0.4) is 0 Å². The summed E-state index contributed by atoms with van der Waals surface area (Å²) in [5.74, 6) is 0.195. The van der Waals surface area contributed by atoms with E-state index in [0.29, 0.717) is 18.3 Å². The van der Waals surface area contributed by atoms with Gasteiger partial charge in [0.2, 0.25) is 0 Å². The lowest BCUT2D eigenvalue weighted by Crippen LogP contribution is -2.29. The Morgan fingerprint density at radius 3 is 2.47 bits per heavy atom. The van der Waals surface area contributed by atoms with Gasteiger partial charge in [-0.25, -0.2) is 0 Å². The molecule has 0 fully saturated rings. The fourth-order valence-electron chi connectivity index (χ4n) is 2.17. The maximum absolute atomic E-state index is 10.7. The summed E-state index contributed by atoms with van der Waals surface area (Å²) in [7, 11) is 0. The highest BCUT2D eigenvalue weighted by Crippen LogP contribution is 2.18. The Hall–Kier alpha value is -0.830. The van der Waals surface area contributed by atoms with Crippen LogP contribution in [0.2, 0.25) is 0 Å². The van der Waals surface area contributed by atoms with Gasteiger partial charge in [-0.3, -0.25) is 9.69 Å². The zero-order valence-corrected chi connectivity index (χ0v) is 9.65. The quantitative estimate of drug-likeness (QED) is 0.683. The number of nitrogens with zero attached hydrogens (tertiary/aromatic N) is 1. The smallest absolute Gasteiger partial charge is 0.303 e. The Bertz CT molecular complexity index is 228. The van der Waals surface area contributed by atoms with Gasteiger partial charge in [-0.2, -0.15) is 0 Å². The minimum atomic E-state index is -0.673. The van der Waals surface area contributed by atoms with Gasteiger partial charge in [-0.15, -0.1) is 0 Å². The predicted octanol–water partition coefficient (Wildman–Crippen LogP) is 2.00. The minimum absolute atomic E-state index is 0.294. The molecule has 0 radical (unpaired) electrons. The van der Waals surface area contributed by atoms with E-state index in [1.807, 2.05) is 0 Å². The van der Waals surface area contributed by atoms with E-state index < -0.39 is 5.97 Å². The molecule has 1 unspecified atom stereocenters. The van der Waals surface area contributed by atoms with Crippen LogP contribution in [0.25, 0.3) is 0 Å². The van der Waals surface area contributed by atoms with Gasteiger partial charge < -0.3 is 5.11 Å². The summed E-state index contributed by atoms with van der Waals surface area (Å²) in [5.41, 5.74) is 0. The lowest BCUT2D eigenvalue weighted by Gasteiger charge is -2.23. The Balaban J connectivity index is 2.36. The van der Waals surface area contributed by atoms with E-state index in [4.69, 9.17) is 5.11 Å². The van der Waals surface area contributed by atoms with Gasteiger partial charge in [0.25, 0.3) is 0 Å². The molecule has 0 spiro atoms. The highest BCUT2D eigenvalue weighted by atomic mass is 16.4. The summed E-state index contributed by atoms with van der Waals surface area (Å²) in [4.78, 5) is 13.0. The average Bonchev–Trinajstić information content (AvgIpc) is 2.53. The Morgan fingerprint density at radius 2 is 2.00 bits per heavy atom. The molecule has 1 heterocycles. The second-order valence-corrected chi connectivity index (χ2v) is 4.78. The third kappa shape index (κ3) is 4.98. The molecule has 0 aromatic heterocycles. The summed E-state index contributed by atoms with van der Waals surface area (Å²) in [6, 6.07) is 0. The van der Waals surface area contributed by atoms with Gasteiger partial charge in [0.15, 0.2) is 0 Å². The van der Waals surface area contributed by atoms with Gasteiger partial charge in [0.05, 0.1) is 0 Å². The topological polar surface area (TPSA) is 40.5 Å². The normalized spacial score (nSPS) is 18.6. The molecule has 0 bridgehead atoms. The van der Waals surface area contributed by atoms with Crippen LogP contribution in [0.15, 0.2) is 12.2 Å². The van der Waals surface area contributed by atoms with Crippen molar-refractivity contribution in [1.29, 1.82) is 0 Å². The van der Waals surface area contributed by atoms with Crippen LogP contribution < -0.4 is 0 Å². The molecule has 0 amide bonds. The molecule has 0 saturated carbocycles. The van der Waals surface area contributed by atoms with Gasteiger partial charge in [-0.1, -0.05) is 26.0 Å². The number of aliphatic carboxylic acids is 1. The molecule has 86 valence electrons. The standard InChI is InChI=1S/C12H21NO2/c1-10(2)7-11(8-12(14)15)9-13-5-3-4-6-13/h3-4,10-11H,5-9H2,1-2H3,(H,14,15). The summed E-state index contributed by atoms with van der Waals surface area (Å²) >= 11 is 0. The van der Waals surface area contributed by atoms with Crippen LogP contribution in [0.5, 0.6) is 0 Å². The van der Waals surface area contributed by atoms with E-state index in [0.717, 1.165) is 26.1 Å². The van der Waals surface area contributed by atoms with E-state index in [-0.39, 0.29) is 0 Å². The molecule has 15 heavy (non-hydrogen) atoms. The van der Waals surface area contributed by atoms with E-state index in [1.54, 1.807) is 0 Å². The first kappa shape index (κ1) is 12.2. The summed E-state index contributed by atoms with van der Waals surface area (Å²) < 4.78 is 0. The van der Waals surface area contributed by atoms with Crippen LogP contribution >= 0.6 is 0 Å². The molecular weight excluding hydrogens is 190 g/mol. The Morgan fingerprint density at radius 1 is 1.40 bits per heavy atom. The molecule has 0 aromatic rings. The van der Waals surface area contributed by atoms with Crippen LogP contribution in [0, 0.1) is 11.8 Å². The first-order chi connectivity index (χ1) is 7.08. The number of hydrogen-bond acceptors (Lipinski definition) is 2. The number of carboxylic acids is 1. The average molecular weight is 211 g/mol. The van der Waals surface area contributed by atoms with Gasteiger partial charge in [0, 0.05) is 26.1 Å². The molecule has 1 N–H and O–H groups in total. The maximum Gasteiger partial charge on any atom is 0.303 e. The fourth-order valence-corrected chi connectivity index (χ4v) is 2.17. The van der Waals surface area contributed by atoms with Crippen molar-refractivity contribution in [3.05, 3.63) is 12.2 Å². The zero-order chi connectivity index (χ0) is 11.3. The molecule has 1 aliphatic rings.